The van der Waals surface area contributed by atoms with Gasteiger partial charge in [-0.2, -0.15) is 5.10 Å². The summed E-state index contributed by atoms with van der Waals surface area (Å²) in [6, 6.07) is 6.34. The quantitative estimate of drug-likeness (QED) is 0.612. The van der Waals surface area contributed by atoms with Crippen LogP contribution in [0.5, 0.6) is 0 Å². The van der Waals surface area contributed by atoms with Gasteiger partial charge in [0.25, 0.3) is 11.5 Å². The van der Waals surface area contributed by atoms with Crippen molar-refractivity contribution in [2.75, 3.05) is 20.1 Å². The maximum absolute atomic E-state index is 12.9. The third-order valence-electron chi connectivity index (χ3n) is 5.58. The summed E-state index contributed by atoms with van der Waals surface area (Å²) in [5.74, 6) is -1.05. The molecule has 1 unspecified atom stereocenters. The molecule has 0 bridgehead atoms. The number of carbonyl (C=O) groups is 3. The number of benzene rings is 1. The van der Waals surface area contributed by atoms with E-state index in [2.05, 4.69) is 22.7 Å². The number of nitrogens with one attached hydrogen (secondary N) is 2. The third-order valence-corrected chi connectivity index (χ3v) is 5.58. The zero-order chi connectivity index (χ0) is 22.4. The van der Waals surface area contributed by atoms with Crippen molar-refractivity contribution >= 4 is 28.5 Å². The summed E-state index contributed by atoms with van der Waals surface area (Å²) in [6.07, 6.45) is 4.10. The maximum atomic E-state index is 12.9. The topological polar surface area (TPSA) is 113 Å². The molecule has 0 radical (unpaired) electrons. The monoisotopic (exact) mass is 427 g/mol. The smallest absolute Gasteiger partial charge is 0.274 e. The molecular formula is C22H29N5O4. The highest BCUT2D eigenvalue weighted by molar-refractivity contribution is 6.05. The van der Waals surface area contributed by atoms with Crippen molar-refractivity contribution < 1.29 is 14.4 Å². The minimum atomic E-state index is -0.524. The predicted molar refractivity (Wildman–Crippen MR) is 117 cm³/mol. The van der Waals surface area contributed by atoms with Crippen LogP contribution < -0.4 is 16.2 Å². The molecule has 0 saturated carbocycles. The Morgan fingerprint density at radius 3 is 2.61 bits per heavy atom. The molecule has 0 aliphatic carbocycles. The van der Waals surface area contributed by atoms with E-state index in [0.717, 1.165) is 25.7 Å². The van der Waals surface area contributed by atoms with Gasteiger partial charge in [0.2, 0.25) is 11.8 Å². The second-order valence-electron chi connectivity index (χ2n) is 7.67. The van der Waals surface area contributed by atoms with Crippen molar-refractivity contribution in [3.05, 3.63) is 40.3 Å². The number of hydrogen-bond acceptors (Lipinski definition) is 5. The summed E-state index contributed by atoms with van der Waals surface area (Å²) in [5.41, 5.74) is -0.117. The fourth-order valence-corrected chi connectivity index (χ4v) is 3.91. The summed E-state index contributed by atoms with van der Waals surface area (Å²) in [7, 11) is 1.54. The second kappa shape index (κ2) is 10.2. The lowest BCUT2D eigenvalue weighted by atomic mass is 10.1. The Kier molecular flexibility index (Phi) is 7.38. The van der Waals surface area contributed by atoms with Gasteiger partial charge in [-0.1, -0.05) is 38.0 Å². The molecule has 2 aromatic rings. The van der Waals surface area contributed by atoms with Crippen molar-refractivity contribution in [2.45, 2.75) is 51.6 Å². The Labute approximate surface area is 180 Å². The Morgan fingerprint density at radius 1 is 1.16 bits per heavy atom. The van der Waals surface area contributed by atoms with E-state index in [1.54, 1.807) is 24.3 Å². The molecular weight excluding hydrogens is 398 g/mol. The van der Waals surface area contributed by atoms with Crippen LogP contribution in [0.1, 0.15) is 49.5 Å². The van der Waals surface area contributed by atoms with Crippen molar-refractivity contribution in [1.82, 2.24) is 25.3 Å². The van der Waals surface area contributed by atoms with Crippen LogP contribution in [0, 0.1) is 0 Å². The van der Waals surface area contributed by atoms with E-state index in [1.165, 1.54) is 16.6 Å². The van der Waals surface area contributed by atoms with Crippen LogP contribution in [0.2, 0.25) is 0 Å². The average Bonchev–Trinajstić information content (AvgIpc) is 3.28. The van der Waals surface area contributed by atoms with Crippen molar-refractivity contribution in [2.24, 2.45) is 0 Å². The molecule has 1 atom stereocenters. The Bertz CT molecular complexity index is 1030. The number of amides is 3. The molecule has 1 aliphatic heterocycles. The lowest BCUT2D eigenvalue weighted by molar-refractivity contribution is -0.137. The van der Waals surface area contributed by atoms with E-state index < -0.39 is 11.9 Å². The molecule has 0 spiro atoms. The predicted octanol–water partition coefficient (Wildman–Crippen LogP) is 1.05. The SMILES string of the molecule is CCCCCn1nc(C(=O)NCC(=O)N2CCCC2C(=O)NC)c2ccccc2c1=O. The zero-order valence-electron chi connectivity index (χ0n) is 18.0. The fraction of sp³-hybridized carbons (Fsp3) is 0.500. The van der Waals surface area contributed by atoms with Crippen LogP contribution in [-0.2, 0) is 16.1 Å². The van der Waals surface area contributed by atoms with Crippen LogP contribution in [0.15, 0.2) is 29.1 Å². The van der Waals surface area contributed by atoms with Crippen LogP contribution in [-0.4, -0.2) is 58.6 Å². The summed E-state index contributed by atoms with van der Waals surface area (Å²) in [5, 5.41) is 10.4. The lowest BCUT2D eigenvalue weighted by Crippen LogP contribution is -2.48. The average molecular weight is 428 g/mol. The first-order valence-corrected chi connectivity index (χ1v) is 10.8. The molecule has 9 nitrogen and oxygen atoms in total. The molecule has 1 fully saturated rings. The van der Waals surface area contributed by atoms with Crippen LogP contribution in [0.4, 0.5) is 0 Å². The van der Waals surface area contributed by atoms with Crippen LogP contribution in [0.3, 0.4) is 0 Å². The third kappa shape index (κ3) is 4.92. The highest BCUT2D eigenvalue weighted by Crippen LogP contribution is 2.17. The van der Waals surface area contributed by atoms with Gasteiger partial charge in [-0.05, 0) is 25.3 Å². The summed E-state index contributed by atoms with van der Waals surface area (Å²) < 4.78 is 1.33. The van der Waals surface area contributed by atoms with Gasteiger partial charge in [-0.3, -0.25) is 19.2 Å². The molecule has 2 heterocycles. The van der Waals surface area contributed by atoms with E-state index in [1.807, 2.05) is 0 Å². The minimum Gasteiger partial charge on any atom is -0.357 e. The zero-order valence-corrected chi connectivity index (χ0v) is 18.0. The van der Waals surface area contributed by atoms with E-state index in [0.29, 0.717) is 30.3 Å². The Balaban J connectivity index is 1.78. The van der Waals surface area contributed by atoms with Crippen molar-refractivity contribution in [3.8, 4) is 0 Å². The molecule has 1 saturated heterocycles. The van der Waals surface area contributed by atoms with Gasteiger partial charge in [0.15, 0.2) is 5.69 Å². The second-order valence-corrected chi connectivity index (χ2v) is 7.67. The van der Waals surface area contributed by atoms with E-state index >= 15 is 0 Å². The summed E-state index contributed by atoms with van der Waals surface area (Å²) in [6.45, 7) is 2.74. The van der Waals surface area contributed by atoms with Crippen LogP contribution >= 0.6 is 0 Å². The summed E-state index contributed by atoms with van der Waals surface area (Å²) >= 11 is 0. The van der Waals surface area contributed by atoms with E-state index in [4.69, 9.17) is 0 Å². The molecule has 1 aromatic carbocycles. The molecule has 2 N–H and O–H groups in total. The first kappa shape index (κ1) is 22.5. The Morgan fingerprint density at radius 2 is 1.90 bits per heavy atom. The van der Waals surface area contributed by atoms with Gasteiger partial charge >= 0.3 is 0 Å². The molecule has 3 rings (SSSR count). The molecule has 9 heteroatoms. The number of aromatic nitrogens is 2. The molecule has 1 aromatic heterocycles. The van der Waals surface area contributed by atoms with Crippen molar-refractivity contribution in [1.29, 1.82) is 0 Å². The normalized spacial score (nSPS) is 15.8. The summed E-state index contributed by atoms with van der Waals surface area (Å²) in [4.78, 5) is 51.7. The number of aryl methyl sites for hydroxylation is 1. The van der Waals surface area contributed by atoms with Gasteiger partial charge < -0.3 is 15.5 Å². The maximum Gasteiger partial charge on any atom is 0.274 e. The molecule has 166 valence electrons. The molecule has 31 heavy (non-hydrogen) atoms. The first-order chi connectivity index (χ1) is 15.0. The number of unbranched alkanes of at least 4 members (excludes halogenated alkanes) is 2. The van der Waals surface area contributed by atoms with Gasteiger partial charge in [0.1, 0.15) is 6.04 Å². The van der Waals surface area contributed by atoms with Gasteiger partial charge in [0, 0.05) is 25.5 Å². The van der Waals surface area contributed by atoms with E-state index in [9.17, 15) is 19.2 Å². The number of hydrogen-bond donors (Lipinski definition) is 2. The minimum absolute atomic E-state index is 0.115. The Hall–Kier alpha value is -3.23. The highest BCUT2D eigenvalue weighted by atomic mass is 16.2. The van der Waals surface area contributed by atoms with Crippen LogP contribution in [0.25, 0.3) is 10.8 Å². The standard InChI is InChI=1S/C22H29N5O4/c1-3-4-7-13-27-22(31)16-10-6-5-9-15(16)19(25-27)21(30)24-14-18(28)26-12-8-11-17(26)20(29)23-2/h5-6,9-10,17H,3-4,7-8,11-14H2,1-2H3,(H,23,29)(H,24,30). The first-order valence-electron chi connectivity index (χ1n) is 10.8. The van der Waals surface area contributed by atoms with Gasteiger partial charge in [-0.25, -0.2) is 4.68 Å². The highest BCUT2D eigenvalue weighted by Gasteiger charge is 2.33. The molecule has 1 aliphatic rings. The number of rotatable bonds is 8. The number of likely N-dealkylation sites (N-methyl/N-ethyl adjacent to an activating group) is 1. The lowest BCUT2D eigenvalue weighted by Gasteiger charge is -2.23. The number of likely N-dealkylation sites (tertiary alicyclic amines) is 1. The fourth-order valence-electron chi connectivity index (χ4n) is 3.91. The van der Waals surface area contributed by atoms with E-state index in [-0.39, 0.29) is 29.6 Å². The number of fused-ring (bicyclic) bond motifs is 1. The number of nitrogens with zero attached hydrogens (tertiary/aromatic N) is 3. The number of carbonyl (C=O) groups excluding carboxylic acids is 3. The molecule has 3 amide bonds. The van der Waals surface area contributed by atoms with Crippen molar-refractivity contribution in [3.63, 3.8) is 0 Å². The van der Waals surface area contributed by atoms with Gasteiger partial charge in [0.05, 0.1) is 11.9 Å². The largest absolute Gasteiger partial charge is 0.357 e. The van der Waals surface area contributed by atoms with Gasteiger partial charge in [-0.15, -0.1) is 0 Å².